The second-order valence-corrected chi connectivity index (χ2v) is 9.35. The molecule has 174 valence electrons. The van der Waals surface area contributed by atoms with Gasteiger partial charge in [-0.25, -0.2) is 9.97 Å². The van der Waals surface area contributed by atoms with E-state index >= 15 is 0 Å². The molecule has 2 heterocycles. The van der Waals surface area contributed by atoms with Gasteiger partial charge in [0.2, 0.25) is 11.8 Å². The van der Waals surface area contributed by atoms with Gasteiger partial charge in [0, 0.05) is 44.7 Å². The molecular formula is C22H36ClN5O2S. The van der Waals surface area contributed by atoms with E-state index in [2.05, 4.69) is 41.0 Å². The third-order valence-corrected chi connectivity index (χ3v) is 6.40. The van der Waals surface area contributed by atoms with Crippen LogP contribution in [0, 0.1) is 0 Å². The lowest BCUT2D eigenvalue weighted by Gasteiger charge is -2.40. The molecule has 0 saturated carbocycles. The van der Waals surface area contributed by atoms with Gasteiger partial charge in [0.05, 0.1) is 5.75 Å². The zero-order valence-corrected chi connectivity index (χ0v) is 20.6. The van der Waals surface area contributed by atoms with Crippen molar-refractivity contribution in [1.82, 2.24) is 20.2 Å². The number of thioether (sulfide) groups is 1. The average Bonchev–Trinajstić information content (AvgIpc) is 2.75. The van der Waals surface area contributed by atoms with Gasteiger partial charge >= 0.3 is 0 Å². The first-order chi connectivity index (χ1) is 14.9. The Balaban J connectivity index is 1.87. The van der Waals surface area contributed by atoms with Crippen molar-refractivity contribution >= 4 is 41.0 Å². The first kappa shape index (κ1) is 25.7. The Bertz CT molecular complexity index is 721. The molecule has 1 unspecified atom stereocenters. The average molecular weight is 470 g/mol. The lowest BCUT2D eigenvalue weighted by Crippen LogP contribution is -2.54. The maximum absolute atomic E-state index is 12.4. The van der Waals surface area contributed by atoms with Crippen LogP contribution < -0.4 is 10.2 Å². The van der Waals surface area contributed by atoms with Crippen molar-refractivity contribution in [3.63, 3.8) is 0 Å². The van der Waals surface area contributed by atoms with Crippen LogP contribution in [0.4, 0.5) is 5.82 Å². The van der Waals surface area contributed by atoms with E-state index in [1.807, 2.05) is 4.90 Å². The number of aromatic nitrogens is 2. The van der Waals surface area contributed by atoms with Crippen molar-refractivity contribution in [2.24, 2.45) is 0 Å². The minimum atomic E-state index is -0.0144. The predicted molar refractivity (Wildman–Crippen MR) is 128 cm³/mol. The molecule has 1 N–H and O–H groups in total. The molecule has 1 aliphatic rings. The number of carbonyl (C=O) groups excluding carboxylic acids is 2. The van der Waals surface area contributed by atoms with E-state index in [4.69, 9.17) is 11.6 Å². The number of unbranched alkanes of at least 4 members (excludes halogenated alkanes) is 4. The van der Waals surface area contributed by atoms with E-state index in [0.717, 1.165) is 31.5 Å². The Morgan fingerprint density at radius 3 is 2.65 bits per heavy atom. The number of piperazine rings is 1. The van der Waals surface area contributed by atoms with E-state index < -0.39 is 0 Å². The Labute approximate surface area is 195 Å². The monoisotopic (exact) mass is 469 g/mol. The van der Waals surface area contributed by atoms with Crippen LogP contribution >= 0.6 is 23.4 Å². The number of hydrogen-bond acceptors (Lipinski definition) is 6. The van der Waals surface area contributed by atoms with Crippen LogP contribution in [0.15, 0.2) is 11.2 Å². The summed E-state index contributed by atoms with van der Waals surface area (Å²) < 4.78 is 0. The molecule has 0 aromatic carbocycles. The Kier molecular flexibility index (Phi) is 11.4. The van der Waals surface area contributed by atoms with E-state index in [9.17, 15) is 9.59 Å². The van der Waals surface area contributed by atoms with Gasteiger partial charge in [0.1, 0.15) is 11.0 Å². The summed E-state index contributed by atoms with van der Waals surface area (Å²) in [6.45, 7) is 9.13. The summed E-state index contributed by atoms with van der Waals surface area (Å²) in [6, 6.07) is 1.86. The predicted octanol–water partition coefficient (Wildman–Crippen LogP) is 4.15. The molecule has 1 fully saturated rings. The first-order valence-electron chi connectivity index (χ1n) is 11.4. The maximum atomic E-state index is 12.4. The molecule has 1 atom stereocenters. The van der Waals surface area contributed by atoms with Crippen LogP contribution in [0.1, 0.15) is 65.7 Å². The zero-order chi connectivity index (χ0) is 22.6. The number of hydrogen-bond donors (Lipinski definition) is 1. The molecule has 1 saturated heterocycles. The van der Waals surface area contributed by atoms with Crippen molar-refractivity contribution in [1.29, 1.82) is 0 Å². The molecular weight excluding hydrogens is 434 g/mol. The quantitative estimate of drug-likeness (QED) is 0.214. The minimum absolute atomic E-state index is 0.0144. The number of amides is 2. The van der Waals surface area contributed by atoms with Gasteiger partial charge in [-0.15, -0.1) is 0 Å². The normalized spacial score (nSPS) is 16.5. The maximum Gasteiger partial charge on any atom is 0.230 e. The van der Waals surface area contributed by atoms with Crippen molar-refractivity contribution in [3.05, 3.63) is 11.2 Å². The fourth-order valence-corrected chi connectivity index (χ4v) is 4.49. The minimum Gasteiger partial charge on any atom is -0.355 e. The van der Waals surface area contributed by atoms with Gasteiger partial charge in [-0.3, -0.25) is 9.59 Å². The van der Waals surface area contributed by atoms with Crippen molar-refractivity contribution in [2.75, 3.05) is 36.8 Å². The summed E-state index contributed by atoms with van der Waals surface area (Å²) in [6.07, 6.45) is 7.09. The van der Waals surface area contributed by atoms with E-state index in [0.29, 0.717) is 42.9 Å². The summed E-state index contributed by atoms with van der Waals surface area (Å²) in [5, 5.41) is 3.80. The number of nitrogens with zero attached hydrogens (tertiary/aromatic N) is 4. The lowest BCUT2D eigenvalue weighted by atomic mass is 10.1. The van der Waals surface area contributed by atoms with Crippen LogP contribution in [0.25, 0.3) is 0 Å². The molecule has 0 aliphatic carbocycles. The number of anilines is 1. The Hall–Kier alpha value is -1.54. The van der Waals surface area contributed by atoms with Crippen LogP contribution in [0.5, 0.6) is 0 Å². The topological polar surface area (TPSA) is 78.4 Å². The van der Waals surface area contributed by atoms with Crippen LogP contribution in [0.3, 0.4) is 0 Å². The van der Waals surface area contributed by atoms with Gasteiger partial charge in [0.25, 0.3) is 0 Å². The summed E-state index contributed by atoms with van der Waals surface area (Å²) in [4.78, 5) is 37.5. The molecule has 2 rings (SSSR count). The van der Waals surface area contributed by atoms with Gasteiger partial charge in [-0.05, 0) is 19.8 Å². The summed E-state index contributed by atoms with van der Waals surface area (Å²) >= 11 is 7.53. The molecule has 2 amide bonds. The lowest BCUT2D eigenvalue weighted by molar-refractivity contribution is -0.133. The number of halogens is 1. The Morgan fingerprint density at radius 2 is 1.94 bits per heavy atom. The fourth-order valence-electron chi connectivity index (χ4n) is 3.58. The van der Waals surface area contributed by atoms with Gasteiger partial charge < -0.3 is 15.1 Å². The van der Waals surface area contributed by atoms with Crippen molar-refractivity contribution < 1.29 is 9.59 Å². The second-order valence-electron chi connectivity index (χ2n) is 8.02. The zero-order valence-electron chi connectivity index (χ0n) is 19.0. The Morgan fingerprint density at radius 1 is 1.16 bits per heavy atom. The van der Waals surface area contributed by atoms with Crippen LogP contribution in [-0.2, 0) is 9.59 Å². The highest BCUT2D eigenvalue weighted by Gasteiger charge is 2.28. The fraction of sp³-hybridized carbons (Fsp3) is 0.727. The summed E-state index contributed by atoms with van der Waals surface area (Å²) in [5.41, 5.74) is 0. The smallest absolute Gasteiger partial charge is 0.230 e. The van der Waals surface area contributed by atoms with Crippen molar-refractivity contribution in [3.8, 4) is 0 Å². The molecule has 0 bridgehead atoms. The molecule has 1 aromatic rings. The third-order valence-electron chi connectivity index (χ3n) is 5.36. The second kappa shape index (κ2) is 13.8. The summed E-state index contributed by atoms with van der Waals surface area (Å²) in [7, 11) is 0. The third kappa shape index (κ3) is 8.85. The molecule has 9 heteroatoms. The van der Waals surface area contributed by atoms with E-state index in [-0.39, 0.29) is 23.6 Å². The van der Waals surface area contributed by atoms with E-state index in [1.54, 1.807) is 6.07 Å². The number of carbonyl (C=O) groups is 2. The molecule has 0 radical (unpaired) electrons. The highest BCUT2D eigenvalue weighted by atomic mass is 35.5. The molecule has 1 aliphatic heterocycles. The molecule has 31 heavy (non-hydrogen) atoms. The first-order valence-corrected chi connectivity index (χ1v) is 12.8. The van der Waals surface area contributed by atoms with Gasteiger partial charge in [-0.2, -0.15) is 0 Å². The van der Waals surface area contributed by atoms with Gasteiger partial charge in [0.15, 0.2) is 5.16 Å². The number of nitrogens with one attached hydrogen (secondary N) is 1. The van der Waals surface area contributed by atoms with Gasteiger partial charge in [-0.1, -0.05) is 62.9 Å². The number of rotatable bonds is 12. The standard InChI is InChI=1S/C22H36ClN5O2S/c1-4-6-8-9-11-24-20(29)16-31-22-25-18(23)14-19(26-22)27-12-13-28(17(3)15-27)21(30)10-7-5-2/h14,17H,4-13,15-16H2,1-3H3,(H,24,29). The largest absolute Gasteiger partial charge is 0.355 e. The highest BCUT2D eigenvalue weighted by molar-refractivity contribution is 7.99. The van der Waals surface area contributed by atoms with Crippen LogP contribution in [0.2, 0.25) is 5.15 Å². The van der Waals surface area contributed by atoms with Crippen molar-refractivity contribution in [2.45, 2.75) is 76.9 Å². The molecule has 7 nitrogen and oxygen atoms in total. The molecule has 1 aromatic heterocycles. The SMILES string of the molecule is CCCCCCNC(=O)CSc1nc(Cl)cc(N2CCN(C(=O)CCCC)C(C)C2)n1. The summed E-state index contributed by atoms with van der Waals surface area (Å²) in [5.74, 6) is 1.23. The van der Waals surface area contributed by atoms with Crippen LogP contribution in [-0.4, -0.2) is 64.7 Å². The highest BCUT2D eigenvalue weighted by Crippen LogP contribution is 2.24. The van der Waals surface area contributed by atoms with E-state index in [1.165, 1.54) is 24.6 Å². The molecule has 0 spiro atoms.